The summed E-state index contributed by atoms with van der Waals surface area (Å²) in [6.07, 6.45) is 7.73. The Labute approximate surface area is 97.9 Å². The standard InChI is InChI=1S/C13H23NO2/c1-10(12-4-6-16-7-5-12)14-13-3-2-11(8-13)9-15/h2-3,10-15H,4-9H2,1H3/t10?,11-,13+/m0/s1. The monoisotopic (exact) mass is 225 g/mol. The van der Waals surface area contributed by atoms with Crippen molar-refractivity contribution >= 4 is 0 Å². The molecule has 1 saturated heterocycles. The number of nitrogens with one attached hydrogen (secondary N) is 1. The average Bonchev–Trinajstić information content (AvgIpc) is 2.78. The zero-order valence-electron chi connectivity index (χ0n) is 10.1. The van der Waals surface area contributed by atoms with E-state index in [1.165, 1.54) is 12.8 Å². The van der Waals surface area contributed by atoms with Crippen molar-refractivity contribution < 1.29 is 9.84 Å². The van der Waals surface area contributed by atoms with Crippen LogP contribution in [0.25, 0.3) is 0 Å². The van der Waals surface area contributed by atoms with Crippen molar-refractivity contribution in [2.24, 2.45) is 11.8 Å². The fourth-order valence-corrected chi connectivity index (χ4v) is 2.72. The Kier molecular flexibility index (Phi) is 4.38. The van der Waals surface area contributed by atoms with Crippen LogP contribution in [0, 0.1) is 11.8 Å². The topological polar surface area (TPSA) is 41.5 Å². The minimum absolute atomic E-state index is 0.278. The molecule has 0 aromatic carbocycles. The van der Waals surface area contributed by atoms with Crippen LogP contribution < -0.4 is 5.32 Å². The summed E-state index contributed by atoms with van der Waals surface area (Å²) in [5.74, 6) is 1.11. The molecule has 1 heterocycles. The maximum atomic E-state index is 9.07. The zero-order chi connectivity index (χ0) is 11.4. The van der Waals surface area contributed by atoms with Crippen molar-refractivity contribution in [2.45, 2.75) is 38.3 Å². The first-order valence-electron chi connectivity index (χ1n) is 6.42. The predicted octanol–water partition coefficient (Wildman–Crippen LogP) is 1.33. The maximum Gasteiger partial charge on any atom is 0.0494 e. The normalized spacial score (nSPS) is 33.1. The van der Waals surface area contributed by atoms with Gasteiger partial charge in [0, 0.05) is 37.8 Å². The SMILES string of the molecule is CC(N[C@@H]1C=C[C@H](CO)C1)C1CCOCC1. The molecule has 1 unspecified atom stereocenters. The fourth-order valence-electron chi connectivity index (χ4n) is 2.72. The van der Waals surface area contributed by atoms with Crippen LogP contribution in [0.15, 0.2) is 12.2 Å². The molecular weight excluding hydrogens is 202 g/mol. The van der Waals surface area contributed by atoms with Gasteiger partial charge in [-0.2, -0.15) is 0 Å². The number of ether oxygens (including phenoxy) is 1. The lowest BCUT2D eigenvalue weighted by atomic mass is 9.92. The van der Waals surface area contributed by atoms with E-state index in [0.29, 0.717) is 18.0 Å². The minimum Gasteiger partial charge on any atom is -0.396 e. The molecule has 0 aromatic heterocycles. The van der Waals surface area contributed by atoms with E-state index in [1.807, 2.05) is 0 Å². The summed E-state index contributed by atoms with van der Waals surface area (Å²) >= 11 is 0. The molecule has 0 bridgehead atoms. The van der Waals surface area contributed by atoms with Gasteiger partial charge in [0.15, 0.2) is 0 Å². The van der Waals surface area contributed by atoms with E-state index in [0.717, 1.165) is 25.6 Å². The van der Waals surface area contributed by atoms with Crippen molar-refractivity contribution in [3.8, 4) is 0 Å². The lowest BCUT2D eigenvalue weighted by molar-refractivity contribution is 0.0549. The molecule has 0 aromatic rings. The van der Waals surface area contributed by atoms with Crippen LogP contribution in [0.2, 0.25) is 0 Å². The highest BCUT2D eigenvalue weighted by atomic mass is 16.5. The van der Waals surface area contributed by atoms with Crippen LogP contribution in [-0.2, 0) is 4.74 Å². The molecule has 0 spiro atoms. The number of hydrogen-bond donors (Lipinski definition) is 2. The molecule has 0 saturated carbocycles. The van der Waals surface area contributed by atoms with Gasteiger partial charge in [-0.05, 0) is 32.1 Å². The molecule has 1 fully saturated rings. The van der Waals surface area contributed by atoms with Gasteiger partial charge in [0.25, 0.3) is 0 Å². The molecule has 0 radical (unpaired) electrons. The molecule has 3 heteroatoms. The molecule has 2 rings (SSSR count). The summed E-state index contributed by atoms with van der Waals surface area (Å²) in [4.78, 5) is 0. The Morgan fingerprint density at radius 1 is 1.38 bits per heavy atom. The van der Waals surface area contributed by atoms with E-state index in [4.69, 9.17) is 9.84 Å². The zero-order valence-corrected chi connectivity index (χ0v) is 10.1. The van der Waals surface area contributed by atoms with E-state index in [9.17, 15) is 0 Å². The lowest BCUT2D eigenvalue weighted by Gasteiger charge is -2.30. The van der Waals surface area contributed by atoms with Gasteiger partial charge in [0.2, 0.25) is 0 Å². The largest absolute Gasteiger partial charge is 0.396 e. The van der Waals surface area contributed by atoms with Gasteiger partial charge in [-0.25, -0.2) is 0 Å². The third kappa shape index (κ3) is 3.06. The summed E-state index contributed by atoms with van der Waals surface area (Å²) < 4.78 is 5.38. The van der Waals surface area contributed by atoms with Gasteiger partial charge in [-0.3, -0.25) is 0 Å². The number of hydrogen-bond acceptors (Lipinski definition) is 3. The highest BCUT2D eigenvalue weighted by Gasteiger charge is 2.24. The quantitative estimate of drug-likeness (QED) is 0.709. The molecule has 0 amide bonds. The third-order valence-corrected chi connectivity index (χ3v) is 3.86. The van der Waals surface area contributed by atoms with Crippen LogP contribution in [0.4, 0.5) is 0 Å². The fraction of sp³-hybridized carbons (Fsp3) is 0.846. The van der Waals surface area contributed by atoms with E-state index < -0.39 is 0 Å². The van der Waals surface area contributed by atoms with Crippen molar-refractivity contribution in [1.82, 2.24) is 5.32 Å². The molecule has 1 aliphatic carbocycles. The van der Waals surface area contributed by atoms with E-state index >= 15 is 0 Å². The predicted molar refractivity (Wildman–Crippen MR) is 64.3 cm³/mol. The first-order chi connectivity index (χ1) is 7.79. The van der Waals surface area contributed by atoms with Crippen LogP contribution in [0.3, 0.4) is 0 Å². The summed E-state index contributed by atoms with van der Waals surface area (Å²) in [7, 11) is 0. The third-order valence-electron chi connectivity index (χ3n) is 3.86. The molecule has 16 heavy (non-hydrogen) atoms. The molecule has 1 aliphatic heterocycles. The Hall–Kier alpha value is -0.380. The number of rotatable bonds is 4. The van der Waals surface area contributed by atoms with E-state index in [1.54, 1.807) is 0 Å². The number of aliphatic hydroxyl groups excluding tert-OH is 1. The van der Waals surface area contributed by atoms with Gasteiger partial charge in [0.05, 0.1) is 0 Å². The van der Waals surface area contributed by atoms with Crippen molar-refractivity contribution in [2.75, 3.05) is 19.8 Å². The second-order valence-corrected chi connectivity index (χ2v) is 5.07. The second kappa shape index (κ2) is 5.80. The summed E-state index contributed by atoms with van der Waals surface area (Å²) in [6, 6.07) is 1.01. The Morgan fingerprint density at radius 3 is 2.75 bits per heavy atom. The van der Waals surface area contributed by atoms with Crippen LogP contribution in [-0.4, -0.2) is 37.0 Å². The smallest absolute Gasteiger partial charge is 0.0494 e. The van der Waals surface area contributed by atoms with Crippen molar-refractivity contribution in [3.63, 3.8) is 0 Å². The summed E-state index contributed by atoms with van der Waals surface area (Å²) in [6.45, 7) is 4.38. The van der Waals surface area contributed by atoms with Crippen molar-refractivity contribution in [1.29, 1.82) is 0 Å². The average molecular weight is 225 g/mol. The van der Waals surface area contributed by atoms with Crippen molar-refractivity contribution in [3.05, 3.63) is 12.2 Å². The molecular formula is C13H23NO2. The van der Waals surface area contributed by atoms with Crippen LogP contribution in [0.1, 0.15) is 26.2 Å². The molecule has 2 N–H and O–H groups in total. The first kappa shape index (κ1) is 12.1. The minimum atomic E-state index is 0.278. The van der Waals surface area contributed by atoms with Gasteiger partial charge < -0.3 is 15.2 Å². The van der Waals surface area contributed by atoms with Gasteiger partial charge in [-0.1, -0.05) is 12.2 Å². The van der Waals surface area contributed by atoms with E-state index in [2.05, 4.69) is 24.4 Å². The van der Waals surface area contributed by atoms with Crippen LogP contribution >= 0.6 is 0 Å². The number of aliphatic hydroxyl groups is 1. The molecule has 3 nitrogen and oxygen atoms in total. The Morgan fingerprint density at radius 2 is 2.12 bits per heavy atom. The van der Waals surface area contributed by atoms with Crippen LogP contribution in [0.5, 0.6) is 0 Å². The summed E-state index contributed by atoms with van der Waals surface area (Å²) in [5.41, 5.74) is 0. The van der Waals surface area contributed by atoms with Gasteiger partial charge in [0.1, 0.15) is 0 Å². The molecule has 92 valence electrons. The highest BCUT2D eigenvalue weighted by Crippen LogP contribution is 2.22. The van der Waals surface area contributed by atoms with Gasteiger partial charge in [-0.15, -0.1) is 0 Å². The lowest BCUT2D eigenvalue weighted by Crippen LogP contribution is -2.41. The second-order valence-electron chi connectivity index (χ2n) is 5.07. The maximum absolute atomic E-state index is 9.07. The Bertz CT molecular complexity index is 236. The Balaban J connectivity index is 1.74. The summed E-state index contributed by atoms with van der Waals surface area (Å²) in [5, 5.41) is 12.7. The highest BCUT2D eigenvalue weighted by molar-refractivity contribution is 5.06. The first-order valence-corrected chi connectivity index (χ1v) is 6.42. The van der Waals surface area contributed by atoms with Gasteiger partial charge >= 0.3 is 0 Å². The van der Waals surface area contributed by atoms with E-state index in [-0.39, 0.29) is 6.61 Å². The molecule has 2 aliphatic rings. The molecule has 3 atom stereocenters.